The van der Waals surface area contributed by atoms with E-state index in [9.17, 15) is 44.7 Å². The highest BCUT2D eigenvalue weighted by Crippen LogP contribution is 2.45. The molecule has 1 aliphatic rings. The Balaban J connectivity index is 1.41. The molecule has 8 nitrogen and oxygen atoms in total. The largest absolute Gasteiger partial charge is 0.457 e. The number of fused-ring (bicyclic) bond motifs is 2. The highest BCUT2D eigenvalue weighted by Gasteiger charge is 2.45. The maximum Gasteiger partial charge on any atom is 0.417 e. The van der Waals surface area contributed by atoms with E-state index < -0.39 is 59.4 Å². The number of carbonyl (C=O) groups is 1. The predicted octanol–water partition coefficient (Wildman–Crippen LogP) is 7.54. The second kappa shape index (κ2) is 10.2. The molecule has 0 saturated carbocycles. The number of aromatic amines is 2. The molecule has 0 bridgehead atoms. The van der Waals surface area contributed by atoms with Gasteiger partial charge in [-0.1, -0.05) is 18.2 Å². The zero-order valence-electron chi connectivity index (χ0n) is 22.6. The molecule has 2 N–H and O–H groups in total. The SMILES string of the molecule is CC(F)(F)CN1C(=O)c2[nH]nc(-c3cccc4[nH]c(=O)oc34)c2C1c1ccc(Oc2cc(C(F)(F)F)cc(C(F)(F)F)c2)cc1. The molecule has 0 spiro atoms. The summed E-state index contributed by atoms with van der Waals surface area (Å²) in [5.74, 6) is -5.81. The molecule has 0 saturated heterocycles. The molecular formula is C29H18F8N4O4. The number of hydrogen-bond donors (Lipinski definition) is 2. The average molecular weight is 638 g/mol. The second-order valence-electron chi connectivity index (χ2n) is 10.4. The third kappa shape index (κ3) is 5.62. The van der Waals surface area contributed by atoms with Crippen molar-refractivity contribution in [1.82, 2.24) is 20.1 Å². The van der Waals surface area contributed by atoms with Gasteiger partial charge in [0.2, 0.25) is 0 Å². The Bertz CT molecular complexity index is 1950. The Kier molecular flexibility index (Phi) is 6.78. The molecule has 1 amide bonds. The topological polar surface area (TPSA) is 104 Å². The molecule has 1 unspecified atom stereocenters. The van der Waals surface area contributed by atoms with Crippen LogP contribution in [0.15, 0.2) is 69.9 Å². The molecule has 0 fully saturated rings. The first-order valence-electron chi connectivity index (χ1n) is 13.0. The molecule has 16 heteroatoms. The Morgan fingerprint density at radius 1 is 0.889 bits per heavy atom. The van der Waals surface area contributed by atoms with E-state index in [2.05, 4.69) is 15.2 Å². The molecule has 0 aliphatic carbocycles. The average Bonchev–Trinajstić information content (AvgIpc) is 3.60. The van der Waals surface area contributed by atoms with Crippen LogP contribution in [0, 0.1) is 0 Å². The maximum absolute atomic E-state index is 14.3. The van der Waals surface area contributed by atoms with E-state index in [4.69, 9.17) is 9.15 Å². The van der Waals surface area contributed by atoms with Crippen LogP contribution in [0.5, 0.6) is 11.5 Å². The molecule has 6 rings (SSSR count). The minimum absolute atomic E-state index is 0.0373. The third-order valence-electron chi connectivity index (χ3n) is 7.01. The lowest BCUT2D eigenvalue weighted by atomic mass is 9.95. The number of aromatic nitrogens is 3. The maximum atomic E-state index is 14.3. The van der Waals surface area contributed by atoms with E-state index in [0.29, 0.717) is 24.6 Å². The zero-order valence-corrected chi connectivity index (χ0v) is 22.6. The fourth-order valence-corrected chi connectivity index (χ4v) is 5.21. The number of benzene rings is 3. The number of hydrogen-bond acceptors (Lipinski definition) is 5. The number of amides is 1. The van der Waals surface area contributed by atoms with E-state index in [1.54, 1.807) is 18.2 Å². The van der Waals surface area contributed by atoms with Gasteiger partial charge in [-0.2, -0.15) is 31.4 Å². The summed E-state index contributed by atoms with van der Waals surface area (Å²) in [7, 11) is 0. The molecule has 234 valence electrons. The van der Waals surface area contributed by atoms with Gasteiger partial charge in [-0.15, -0.1) is 0 Å². The molecular weight excluding hydrogens is 620 g/mol. The number of rotatable bonds is 6. The lowest BCUT2D eigenvalue weighted by Crippen LogP contribution is -2.38. The Morgan fingerprint density at radius 3 is 2.13 bits per heavy atom. The van der Waals surface area contributed by atoms with Crippen LogP contribution in [-0.4, -0.2) is 38.5 Å². The van der Waals surface area contributed by atoms with Crippen LogP contribution in [0.2, 0.25) is 0 Å². The second-order valence-corrected chi connectivity index (χ2v) is 10.4. The zero-order chi connectivity index (χ0) is 32.5. The summed E-state index contributed by atoms with van der Waals surface area (Å²) in [6.07, 6.45) is -10.2. The summed E-state index contributed by atoms with van der Waals surface area (Å²) < 4.78 is 119. The van der Waals surface area contributed by atoms with Gasteiger partial charge in [-0.25, -0.2) is 13.6 Å². The van der Waals surface area contributed by atoms with Gasteiger partial charge < -0.3 is 14.1 Å². The lowest BCUT2D eigenvalue weighted by molar-refractivity contribution is -0.143. The van der Waals surface area contributed by atoms with Gasteiger partial charge in [-0.05, 0) is 48.0 Å². The number of halogens is 8. The fourth-order valence-electron chi connectivity index (χ4n) is 5.21. The van der Waals surface area contributed by atoms with Crippen molar-refractivity contribution in [1.29, 1.82) is 0 Å². The van der Waals surface area contributed by atoms with Gasteiger partial charge in [-0.3, -0.25) is 14.9 Å². The van der Waals surface area contributed by atoms with Crippen molar-refractivity contribution in [2.45, 2.75) is 31.2 Å². The molecule has 0 radical (unpaired) electrons. The van der Waals surface area contributed by atoms with Crippen LogP contribution in [0.1, 0.15) is 45.7 Å². The van der Waals surface area contributed by atoms with Crippen molar-refractivity contribution in [2.24, 2.45) is 0 Å². The summed E-state index contributed by atoms with van der Waals surface area (Å²) >= 11 is 0. The first kappa shape index (κ1) is 29.9. The van der Waals surface area contributed by atoms with E-state index in [1.807, 2.05) is 0 Å². The molecule has 5 aromatic rings. The van der Waals surface area contributed by atoms with Crippen molar-refractivity contribution in [3.8, 4) is 22.8 Å². The highest BCUT2D eigenvalue weighted by atomic mass is 19.4. The van der Waals surface area contributed by atoms with Crippen molar-refractivity contribution >= 4 is 17.0 Å². The first-order valence-corrected chi connectivity index (χ1v) is 13.0. The summed E-state index contributed by atoms with van der Waals surface area (Å²) in [6, 6.07) is 9.37. The summed E-state index contributed by atoms with van der Waals surface area (Å²) in [5.41, 5.74) is -2.00. The van der Waals surface area contributed by atoms with Gasteiger partial charge in [0.1, 0.15) is 22.9 Å². The molecule has 2 aromatic heterocycles. The monoisotopic (exact) mass is 638 g/mol. The van der Waals surface area contributed by atoms with Gasteiger partial charge in [0, 0.05) is 18.1 Å². The number of alkyl halides is 8. The van der Waals surface area contributed by atoms with Crippen LogP contribution >= 0.6 is 0 Å². The Labute approximate surface area is 246 Å². The van der Waals surface area contributed by atoms with Crippen molar-refractivity contribution < 1.29 is 49.1 Å². The summed E-state index contributed by atoms with van der Waals surface area (Å²) in [6.45, 7) is -0.385. The standard InChI is InChI=1S/C29H18F8N4O4/c1-27(30,31)12-41-23(20-21(39-40-22(20)25(41)42)18-3-2-4-19-24(18)45-26(43)38-19)13-5-7-16(8-6-13)44-17-10-14(28(32,33)34)9-15(11-17)29(35,36)37/h2-11,23H,12H2,1H3,(H,38,43)(H,39,40). The van der Waals surface area contributed by atoms with E-state index >= 15 is 0 Å². The number of H-pyrrole nitrogens is 2. The first-order chi connectivity index (χ1) is 21.0. The number of nitrogens with one attached hydrogen (secondary N) is 2. The van der Waals surface area contributed by atoms with Crippen molar-refractivity contribution in [2.75, 3.05) is 6.54 Å². The number of oxazole rings is 1. The summed E-state index contributed by atoms with van der Waals surface area (Å²) in [4.78, 5) is 28.6. The van der Waals surface area contributed by atoms with Gasteiger partial charge in [0.25, 0.3) is 11.8 Å². The summed E-state index contributed by atoms with van der Waals surface area (Å²) in [5, 5.41) is 6.79. The number of ether oxygens (including phenoxy) is 1. The Hall–Kier alpha value is -5.15. The van der Waals surface area contributed by atoms with Gasteiger partial charge >= 0.3 is 18.1 Å². The third-order valence-corrected chi connectivity index (χ3v) is 7.01. The minimum atomic E-state index is -5.09. The van der Waals surface area contributed by atoms with Crippen molar-refractivity contribution in [3.63, 3.8) is 0 Å². The van der Waals surface area contributed by atoms with Crippen LogP contribution < -0.4 is 10.5 Å². The van der Waals surface area contributed by atoms with Crippen LogP contribution in [0.3, 0.4) is 0 Å². The molecule has 3 heterocycles. The Morgan fingerprint density at radius 2 is 1.53 bits per heavy atom. The smallest absolute Gasteiger partial charge is 0.417 e. The van der Waals surface area contributed by atoms with Crippen LogP contribution in [0.4, 0.5) is 35.1 Å². The number of para-hydroxylation sites is 1. The quantitative estimate of drug-likeness (QED) is 0.187. The normalized spacial score (nSPS) is 15.6. The minimum Gasteiger partial charge on any atom is -0.457 e. The highest BCUT2D eigenvalue weighted by molar-refractivity contribution is 6.02. The van der Waals surface area contributed by atoms with Crippen LogP contribution in [0.25, 0.3) is 22.4 Å². The van der Waals surface area contributed by atoms with E-state index in [1.165, 1.54) is 24.3 Å². The van der Waals surface area contributed by atoms with E-state index in [0.717, 1.165) is 4.90 Å². The van der Waals surface area contributed by atoms with Gasteiger partial charge in [0.05, 0.1) is 29.2 Å². The molecule has 3 aromatic carbocycles. The fraction of sp³-hybridized carbons (Fsp3) is 0.207. The van der Waals surface area contributed by atoms with Gasteiger partial charge in [0.15, 0.2) is 5.58 Å². The number of carbonyl (C=O) groups excluding carboxylic acids is 1. The number of nitrogens with zero attached hydrogens (tertiary/aromatic N) is 2. The lowest BCUT2D eigenvalue weighted by Gasteiger charge is -2.28. The predicted molar refractivity (Wildman–Crippen MR) is 141 cm³/mol. The van der Waals surface area contributed by atoms with Crippen molar-refractivity contribution in [3.05, 3.63) is 99.2 Å². The molecule has 1 aliphatic heterocycles. The molecule has 45 heavy (non-hydrogen) atoms. The molecule has 1 atom stereocenters. The van der Waals surface area contributed by atoms with E-state index in [-0.39, 0.29) is 45.5 Å². The van der Waals surface area contributed by atoms with Crippen LogP contribution in [-0.2, 0) is 12.4 Å².